The Morgan fingerprint density at radius 3 is 1.48 bits per heavy atom. The van der Waals surface area contributed by atoms with Crippen LogP contribution >= 0.6 is 0 Å². The molecule has 0 aliphatic heterocycles. The second-order valence-corrected chi connectivity index (χ2v) is 10.7. The average molecular weight is 429 g/mol. The van der Waals surface area contributed by atoms with Gasteiger partial charge in [0.1, 0.15) is 0 Å². The Kier molecular flexibility index (Phi) is 7.44. The lowest BCUT2D eigenvalue weighted by Gasteiger charge is -2.21. The van der Waals surface area contributed by atoms with Crippen LogP contribution in [0.3, 0.4) is 0 Å². The first kappa shape index (κ1) is 22.5. The molecule has 0 heterocycles. The molecular formula is C25H40N4O2. The molecule has 6 heteroatoms. The number of hydrogen-bond acceptors (Lipinski definition) is 4. The third-order valence-corrected chi connectivity index (χ3v) is 8.57. The summed E-state index contributed by atoms with van der Waals surface area (Å²) in [6, 6.07) is 0. The molecule has 0 radical (unpaired) electrons. The maximum absolute atomic E-state index is 12.1. The van der Waals surface area contributed by atoms with Crippen molar-refractivity contribution in [3.63, 3.8) is 0 Å². The first-order chi connectivity index (χ1) is 15.0. The zero-order valence-corrected chi connectivity index (χ0v) is 19.4. The van der Waals surface area contributed by atoms with Crippen LogP contribution in [0, 0.1) is 35.5 Å². The monoisotopic (exact) mass is 428 g/mol. The van der Waals surface area contributed by atoms with E-state index in [2.05, 4.69) is 34.9 Å². The van der Waals surface area contributed by atoms with Gasteiger partial charge in [-0.25, -0.2) is 10.9 Å². The highest BCUT2D eigenvalue weighted by Crippen LogP contribution is 2.49. The van der Waals surface area contributed by atoms with Gasteiger partial charge in [0.15, 0.2) is 0 Å². The zero-order chi connectivity index (χ0) is 21.8. The van der Waals surface area contributed by atoms with E-state index in [9.17, 15) is 9.59 Å². The van der Waals surface area contributed by atoms with Gasteiger partial charge >= 0.3 is 0 Å². The summed E-state index contributed by atoms with van der Waals surface area (Å²) in [5.74, 6) is 4.48. The molecule has 6 atom stereocenters. The number of amides is 2. The number of fused-ring (bicyclic) bond motifs is 4. The van der Waals surface area contributed by atoms with Gasteiger partial charge in [0, 0.05) is 36.1 Å². The minimum absolute atomic E-state index is 0.0157. The Labute approximate surface area is 187 Å². The molecule has 0 aromatic heterocycles. The van der Waals surface area contributed by atoms with E-state index in [-0.39, 0.29) is 11.8 Å². The van der Waals surface area contributed by atoms with Crippen molar-refractivity contribution in [3.8, 4) is 0 Å². The lowest BCUT2D eigenvalue weighted by molar-refractivity contribution is -0.121. The largest absolute Gasteiger partial charge is 0.273 e. The molecule has 2 N–H and O–H groups in total. The SMILES string of the molecule is C/C(=N\NC(=O)CCCCCC(=O)N/N=C(\C)C1CC2CCC1C2)C1CC2CCC1C2. The van der Waals surface area contributed by atoms with Crippen LogP contribution in [0.25, 0.3) is 0 Å². The number of hydrogen-bond donors (Lipinski definition) is 2. The van der Waals surface area contributed by atoms with E-state index in [1.54, 1.807) is 0 Å². The van der Waals surface area contributed by atoms with Crippen LogP contribution < -0.4 is 10.9 Å². The lowest BCUT2D eigenvalue weighted by Crippen LogP contribution is -2.24. The fourth-order valence-electron chi connectivity index (χ4n) is 6.84. The quantitative estimate of drug-likeness (QED) is 0.298. The van der Waals surface area contributed by atoms with Crippen LogP contribution in [0.4, 0.5) is 0 Å². The summed E-state index contributed by atoms with van der Waals surface area (Å²) in [6.07, 6.45) is 14.0. The van der Waals surface area contributed by atoms with Crippen molar-refractivity contribution in [1.29, 1.82) is 0 Å². The van der Waals surface area contributed by atoms with E-state index >= 15 is 0 Å². The van der Waals surface area contributed by atoms with Gasteiger partial charge in [-0.3, -0.25) is 9.59 Å². The van der Waals surface area contributed by atoms with Gasteiger partial charge < -0.3 is 0 Å². The number of carbonyl (C=O) groups excluding carboxylic acids is 2. The molecule has 2 amide bonds. The van der Waals surface area contributed by atoms with E-state index in [4.69, 9.17) is 0 Å². The molecule has 6 nitrogen and oxygen atoms in total. The molecule has 172 valence electrons. The molecule has 31 heavy (non-hydrogen) atoms. The van der Waals surface area contributed by atoms with Crippen molar-refractivity contribution in [3.05, 3.63) is 0 Å². The van der Waals surface area contributed by atoms with Gasteiger partial charge in [-0.15, -0.1) is 0 Å². The Bertz CT molecular complexity index is 671. The minimum Gasteiger partial charge on any atom is -0.273 e. The number of nitrogens with zero attached hydrogens (tertiary/aromatic N) is 2. The van der Waals surface area contributed by atoms with Gasteiger partial charge in [0.05, 0.1) is 0 Å². The maximum atomic E-state index is 12.1. The Hall–Kier alpha value is -1.72. The van der Waals surface area contributed by atoms with Crippen LogP contribution in [0.1, 0.15) is 97.3 Å². The van der Waals surface area contributed by atoms with Crippen molar-refractivity contribution in [2.45, 2.75) is 97.3 Å². The van der Waals surface area contributed by atoms with E-state index in [0.29, 0.717) is 24.7 Å². The second kappa shape index (κ2) is 10.3. The molecular weight excluding hydrogens is 388 g/mol. The van der Waals surface area contributed by atoms with Gasteiger partial charge in [-0.2, -0.15) is 10.2 Å². The minimum atomic E-state index is -0.0157. The molecule has 4 saturated carbocycles. The fraction of sp³-hybridized carbons (Fsp3) is 0.840. The number of unbranched alkanes of at least 4 members (excludes halogenated alkanes) is 2. The number of hydrazone groups is 2. The van der Waals surface area contributed by atoms with E-state index < -0.39 is 0 Å². The highest BCUT2D eigenvalue weighted by atomic mass is 16.2. The summed E-state index contributed by atoms with van der Waals surface area (Å²) >= 11 is 0. The summed E-state index contributed by atoms with van der Waals surface area (Å²) < 4.78 is 0. The number of rotatable bonds is 10. The van der Waals surface area contributed by atoms with Gasteiger partial charge in [-0.05, 0) is 88.9 Å². The first-order valence-electron chi connectivity index (χ1n) is 12.7. The third-order valence-electron chi connectivity index (χ3n) is 8.57. The van der Waals surface area contributed by atoms with Crippen LogP contribution in [-0.4, -0.2) is 23.2 Å². The molecule has 0 aromatic carbocycles. The van der Waals surface area contributed by atoms with Crippen molar-refractivity contribution in [2.75, 3.05) is 0 Å². The highest BCUT2D eigenvalue weighted by Gasteiger charge is 2.41. The van der Waals surface area contributed by atoms with Crippen molar-refractivity contribution < 1.29 is 9.59 Å². The summed E-state index contributed by atoms with van der Waals surface area (Å²) in [5, 5.41) is 8.76. The molecule has 0 aromatic rings. The molecule has 0 spiro atoms. The number of nitrogens with one attached hydrogen (secondary N) is 2. The average Bonchev–Trinajstić information content (AvgIpc) is 3.57. The number of carbonyl (C=O) groups is 2. The van der Waals surface area contributed by atoms with Gasteiger partial charge in [0.25, 0.3) is 0 Å². The normalized spacial score (nSPS) is 34.4. The predicted octanol–water partition coefficient (Wildman–Crippen LogP) is 4.79. The Morgan fingerprint density at radius 1 is 0.677 bits per heavy atom. The van der Waals surface area contributed by atoms with Crippen LogP contribution in [-0.2, 0) is 9.59 Å². The second-order valence-electron chi connectivity index (χ2n) is 10.7. The summed E-state index contributed by atoms with van der Waals surface area (Å²) in [5.41, 5.74) is 7.67. The molecule has 4 aliphatic rings. The Balaban J connectivity index is 1.05. The molecule has 0 saturated heterocycles. The summed E-state index contributed by atoms with van der Waals surface area (Å²) in [7, 11) is 0. The topological polar surface area (TPSA) is 82.9 Å². The van der Waals surface area contributed by atoms with E-state index in [1.807, 2.05) is 0 Å². The van der Waals surface area contributed by atoms with E-state index in [0.717, 1.165) is 54.4 Å². The predicted molar refractivity (Wildman–Crippen MR) is 123 cm³/mol. The third kappa shape index (κ3) is 5.75. The first-order valence-corrected chi connectivity index (χ1v) is 12.7. The molecule has 4 rings (SSSR count). The maximum Gasteiger partial charge on any atom is 0.240 e. The molecule has 4 bridgehead atoms. The highest BCUT2D eigenvalue weighted by molar-refractivity contribution is 5.87. The summed E-state index contributed by atoms with van der Waals surface area (Å²) in [4.78, 5) is 24.1. The van der Waals surface area contributed by atoms with Crippen molar-refractivity contribution in [2.24, 2.45) is 45.7 Å². The standard InChI is InChI=1S/C25H40N4O2/c1-16(22-14-18-8-10-20(22)12-18)26-28-24(30)6-4-3-5-7-25(31)29-27-17(2)23-15-19-9-11-21(23)13-19/h18-23H,3-15H2,1-2H3,(H,28,30)(H,29,31)/b26-16+,27-17+. The fourth-order valence-corrected chi connectivity index (χ4v) is 6.84. The molecule has 4 fully saturated rings. The van der Waals surface area contributed by atoms with E-state index in [1.165, 1.54) is 51.4 Å². The van der Waals surface area contributed by atoms with Crippen LogP contribution in [0.5, 0.6) is 0 Å². The smallest absolute Gasteiger partial charge is 0.240 e. The van der Waals surface area contributed by atoms with Crippen LogP contribution in [0.2, 0.25) is 0 Å². The lowest BCUT2D eigenvalue weighted by atomic mass is 9.86. The van der Waals surface area contributed by atoms with Crippen molar-refractivity contribution in [1.82, 2.24) is 10.9 Å². The van der Waals surface area contributed by atoms with Crippen LogP contribution in [0.15, 0.2) is 10.2 Å². The zero-order valence-electron chi connectivity index (χ0n) is 19.4. The summed E-state index contributed by atoms with van der Waals surface area (Å²) in [6.45, 7) is 4.12. The Morgan fingerprint density at radius 2 is 1.13 bits per heavy atom. The van der Waals surface area contributed by atoms with Crippen molar-refractivity contribution >= 4 is 23.2 Å². The molecule has 6 unspecified atom stereocenters. The van der Waals surface area contributed by atoms with Gasteiger partial charge in [0.2, 0.25) is 11.8 Å². The molecule has 4 aliphatic carbocycles. The van der Waals surface area contributed by atoms with Gasteiger partial charge in [-0.1, -0.05) is 19.3 Å².